The number of nitrogens with one attached hydrogen (secondary N) is 1. The summed E-state index contributed by atoms with van der Waals surface area (Å²) in [6, 6.07) is 8.69. The summed E-state index contributed by atoms with van der Waals surface area (Å²) in [5.74, 6) is 0.359. The molecule has 4 heteroatoms. The highest BCUT2D eigenvalue weighted by Gasteiger charge is 2.23. The van der Waals surface area contributed by atoms with E-state index in [2.05, 4.69) is 46.4 Å². The maximum absolute atomic E-state index is 12.3. The van der Waals surface area contributed by atoms with Crippen molar-refractivity contribution in [3.63, 3.8) is 0 Å². The number of carbonyl (C=O) groups excluding carboxylic acids is 1. The van der Waals surface area contributed by atoms with Crippen molar-refractivity contribution in [1.82, 2.24) is 10.2 Å². The van der Waals surface area contributed by atoms with Crippen molar-refractivity contribution in [2.24, 2.45) is 5.92 Å². The van der Waals surface area contributed by atoms with Crippen LogP contribution in [0.3, 0.4) is 0 Å². The van der Waals surface area contributed by atoms with Gasteiger partial charge in [-0.2, -0.15) is 0 Å². The van der Waals surface area contributed by atoms with Crippen LogP contribution in [0, 0.1) is 5.92 Å². The summed E-state index contributed by atoms with van der Waals surface area (Å²) in [7, 11) is 2.10. The molecule has 1 amide bonds. The third-order valence-corrected chi connectivity index (χ3v) is 5.12. The molecule has 4 nitrogen and oxygen atoms in total. The number of anilines is 1. The molecule has 126 valence electrons. The minimum absolute atomic E-state index is 0.154. The first-order chi connectivity index (χ1) is 11.2. The van der Waals surface area contributed by atoms with Gasteiger partial charge in [0.15, 0.2) is 0 Å². The van der Waals surface area contributed by atoms with Gasteiger partial charge in [0.25, 0.3) is 0 Å². The van der Waals surface area contributed by atoms with Gasteiger partial charge in [0.2, 0.25) is 5.91 Å². The van der Waals surface area contributed by atoms with Gasteiger partial charge in [-0.05, 0) is 63.4 Å². The van der Waals surface area contributed by atoms with Gasteiger partial charge in [-0.3, -0.25) is 4.79 Å². The summed E-state index contributed by atoms with van der Waals surface area (Å²) in [4.78, 5) is 17.0. The molecule has 0 radical (unpaired) electrons. The lowest BCUT2D eigenvalue weighted by atomic mass is 9.97. The second kappa shape index (κ2) is 7.82. The van der Waals surface area contributed by atoms with Gasteiger partial charge in [0.05, 0.1) is 5.92 Å². The van der Waals surface area contributed by atoms with Crippen LogP contribution in [0.15, 0.2) is 24.3 Å². The number of piperidine rings is 2. The Morgan fingerprint density at radius 1 is 1.09 bits per heavy atom. The normalized spacial score (nSPS) is 22.8. The molecular formula is C19H29N3O. The van der Waals surface area contributed by atoms with Crippen molar-refractivity contribution in [3.05, 3.63) is 29.8 Å². The summed E-state index contributed by atoms with van der Waals surface area (Å²) >= 11 is 0. The predicted octanol–water partition coefficient (Wildman–Crippen LogP) is 2.63. The van der Waals surface area contributed by atoms with Crippen molar-refractivity contribution in [1.29, 1.82) is 0 Å². The molecule has 0 aliphatic carbocycles. The average molecular weight is 315 g/mol. The quantitative estimate of drug-likeness (QED) is 0.928. The van der Waals surface area contributed by atoms with E-state index in [1.54, 1.807) is 0 Å². The van der Waals surface area contributed by atoms with Gasteiger partial charge in [-0.25, -0.2) is 0 Å². The van der Waals surface area contributed by atoms with Crippen molar-refractivity contribution < 1.29 is 4.79 Å². The van der Waals surface area contributed by atoms with E-state index in [0.29, 0.717) is 6.54 Å². The highest BCUT2D eigenvalue weighted by Crippen LogP contribution is 2.20. The second-order valence-corrected chi connectivity index (χ2v) is 7.03. The van der Waals surface area contributed by atoms with Crippen LogP contribution in [0.4, 0.5) is 5.69 Å². The number of likely N-dealkylation sites (tertiary alicyclic amines) is 1. The first kappa shape index (κ1) is 16.3. The van der Waals surface area contributed by atoms with Gasteiger partial charge in [0, 0.05) is 31.9 Å². The number of hydrogen-bond donors (Lipinski definition) is 1. The monoisotopic (exact) mass is 315 g/mol. The number of benzene rings is 1. The summed E-state index contributed by atoms with van der Waals surface area (Å²) < 4.78 is 0. The maximum Gasteiger partial charge on any atom is 0.224 e. The van der Waals surface area contributed by atoms with E-state index in [1.807, 2.05) is 0 Å². The zero-order valence-corrected chi connectivity index (χ0v) is 14.3. The van der Waals surface area contributed by atoms with E-state index in [1.165, 1.54) is 43.6 Å². The van der Waals surface area contributed by atoms with Crippen molar-refractivity contribution in [2.75, 3.05) is 38.1 Å². The summed E-state index contributed by atoms with van der Waals surface area (Å²) in [5, 5.41) is 3.11. The molecule has 0 aromatic heterocycles. The predicted molar refractivity (Wildman–Crippen MR) is 94.6 cm³/mol. The van der Waals surface area contributed by atoms with Crippen molar-refractivity contribution in [3.8, 4) is 0 Å². The first-order valence-corrected chi connectivity index (χ1v) is 9.02. The van der Waals surface area contributed by atoms with Crippen LogP contribution < -0.4 is 10.2 Å². The third kappa shape index (κ3) is 4.47. The lowest BCUT2D eigenvalue weighted by Crippen LogP contribution is -2.41. The smallest absolute Gasteiger partial charge is 0.224 e. The van der Waals surface area contributed by atoms with E-state index in [0.717, 1.165) is 25.9 Å². The molecule has 0 spiro atoms. The molecule has 1 aromatic carbocycles. The molecule has 1 N–H and O–H groups in total. The number of nitrogens with zero attached hydrogens (tertiary/aromatic N) is 2. The number of hydrogen-bond acceptors (Lipinski definition) is 3. The molecule has 1 atom stereocenters. The van der Waals surface area contributed by atoms with E-state index < -0.39 is 0 Å². The lowest BCUT2D eigenvalue weighted by molar-refractivity contribution is -0.126. The SMILES string of the molecule is CN1CCCC(C(=O)NCc2ccc(N3CCCCC3)cc2)C1. The highest BCUT2D eigenvalue weighted by atomic mass is 16.1. The number of carbonyl (C=O) groups is 1. The molecule has 2 heterocycles. The van der Waals surface area contributed by atoms with Crippen LogP contribution in [0.1, 0.15) is 37.7 Å². The van der Waals surface area contributed by atoms with Gasteiger partial charge >= 0.3 is 0 Å². The third-order valence-electron chi connectivity index (χ3n) is 5.12. The van der Waals surface area contributed by atoms with E-state index >= 15 is 0 Å². The first-order valence-electron chi connectivity index (χ1n) is 9.02. The molecule has 2 saturated heterocycles. The average Bonchev–Trinajstić information content (AvgIpc) is 2.61. The zero-order valence-electron chi connectivity index (χ0n) is 14.3. The molecular weight excluding hydrogens is 286 g/mol. The molecule has 3 rings (SSSR count). The molecule has 0 bridgehead atoms. The Hall–Kier alpha value is -1.55. The Morgan fingerprint density at radius 3 is 2.52 bits per heavy atom. The van der Waals surface area contributed by atoms with Crippen LogP contribution in [-0.4, -0.2) is 44.0 Å². The Balaban J connectivity index is 1.49. The molecule has 23 heavy (non-hydrogen) atoms. The number of rotatable bonds is 4. The summed E-state index contributed by atoms with van der Waals surface area (Å²) in [6.07, 6.45) is 6.10. The number of amides is 1. The minimum Gasteiger partial charge on any atom is -0.372 e. The molecule has 1 aromatic rings. The second-order valence-electron chi connectivity index (χ2n) is 7.03. The Morgan fingerprint density at radius 2 is 1.83 bits per heavy atom. The fraction of sp³-hybridized carbons (Fsp3) is 0.632. The maximum atomic E-state index is 12.3. The largest absolute Gasteiger partial charge is 0.372 e. The molecule has 1 unspecified atom stereocenters. The van der Waals surface area contributed by atoms with Crippen molar-refractivity contribution >= 4 is 11.6 Å². The van der Waals surface area contributed by atoms with Crippen LogP contribution in [0.5, 0.6) is 0 Å². The fourth-order valence-electron chi connectivity index (χ4n) is 3.69. The van der Waals surface area contributed by atoms with Crippen LogP contribution in [0.25, 0.3) is 0 Å². The minimum atomic E-state index is 0.154. The van der Waals surface area contributed by atoms with E-state index in [-0.39, 0.29) is 11.8 Å². The van der Waals surface area contributed by atoms with Crippen LogP contribution in [-0.2, 0) is 11.3 Å². The fourth-order valence-corrected chi connectivity index (χ4v) is 3.69. The Bertz CT molecular complexity index is 508. The van der Waals surface area contributed by atoms with Gasteiger partial charge in [-0.15, -0.1) is 0 Å². The molecule has 2 aliphatic heterocycles. The Kier molecular flexibility index (Phi) is 5.55. The highest BCUT2D eigenvalue weighted by molar-refractivity contribution is 5.79. The summed E-state index contributed by atoms with van der Waals surface area (Å²) in [5.41, 5.74) is 2.50. The van der Waals surface area contributed by atoms with E-state index in [4.69, 9.17) is 0 Å². The van der Waals surface area contributed by atoms with Gasteiger partial charge < -0.3 is 15.1 Å². The van der Waals surface area contributed by atoms with Gasteiger partial charge in [-0.1, -0.05) is 12.1 Å². The summed E-state index contributed by atoms with van der Waals surface area (Å²) in [6.45, 7) is 4.98. The topological polar surface area (TPSA) is 35.6 Å². The van der Waals surface area contributed by atoms with Crippen LogP contribution in [0.2, 0.25) is 0 Å². The zero-order chi connectivity index (χ0) is 16.1. The molecule has 0 saturated carbocycles. The van der Waals surface area contributed by atoms with Crippen LogP contribution >= 0.6 is 0 Å². The standard InChI is InChI=1S/C19H29N3O/c1-21-11-5-6-17(15-21)19(23)20-14-16-7-9-18(10-8-16)22-12-3-2-4-13-22/h7-10,17H,2-6,11-15H2,1H3,(H,20,23). The Labute approximate surface area is 139 Å². The van der Waals surface area contributed by atoms with E-state index in [9.17, 15) is 4.79 Å². The lowest BCUT2D eigenvalue weighted by Gasteiger charge is -2.29. The molecule has 2 aliphatic rings. The van der Waals surface area contributed by atoms with Crippen molar-refractivity contribution in [2.45, 2.75) is 38.6 Å². The molecule has 2 fully saturated rings. The van der Waals surface area contributed by atoms with Gasteiger partial charge in [0.1, 0.15) is 0 Å².